The number of hydrogen-bond acceptors (Lipinski definition) is 5. The molecule has 1 aromatic rings. The van der Waals surface area contributed by atoms with Crippen molar-refractivity contribution in [2.24, 2.45) is 0 Å². The maximum atomic E-state index is 11.8. The molecule has 0 aliphatic carbocycles. The van der Waals surface area contributed by atoms with Crippen LogP contribution < -0.4 is 0 Å². The molecule has 0 spiro atoms. The highest BCUT2D eigenvalue weighted by molar-refractivity contribution is 7.43. The van der Waals surface area contributed by atoms with E-state index < -0.39 is 25.3 Å². The lowest BCUT2D eigenvalue weighted by molar-refractivity contribution is -0.141. The molecule has 0 amide bonds. The van der Waals surface area contributed by atoms with Crippen molar-refractivity contribution in [1.82, 2.24) is 4.98 Å². The van der Waals surface area contributed by atoms with E-state index in [4.69, 9.17) is 0 Å². The zero-order valence-corrected chi connectivity index (χ0v) is 11.5. The number of aliphatic hydroxyl groups is 1. The summed E-state index contributed by atoms with van der Waals surface area (Å²) in [5, 5.41) is 16.8. The molecule has 0 saturated heterocycles. The van der Waals surface area contributed by atoms with Crippen LogP contribution in [0, 0.1) is 11.8 Å². The molecule has 0 aliphatic heterocycles. The van der Waals surface area contributed by atoms with E-state index in [-0.39, 0.29) is 0 Å². The molecule has 1 heterocycles. The summed E-state index contributed by atoms with van der Waals surface area (Å²) in [5.41, 5.74) is 0.458. The molecule has 6 nitrogen and oxygen atoms in total. The van der Waals surface area contributed by atoms with Crippen molar-refractivity contribution in [2.45, 2.75) is 18.2 Å². The zero-order chi connectivity index (χ0) is 14.5. The summed E-state index contributed by atoms with van der Waals surface area (Å²) in [6.45, 7) is 1.22. The Labute approximate surface area is 111 Å². The lowest BCUT2D eigenvalue weighted by Crippen LogP contribution is -2.44. The third-order valence-corrected chi connectivity index (χ3v) is 4.31. The Morgan fingerprint density at radius 3 is 2.74 bits per heavy atom. The molecule has 2 N–H and O–H groups in total. The maximum Gasteiger partial charge on any atom is 0.334 e. The fourth-order valence-corrected chi connectivity index (χ4v) is 2.42. The minimum absolute atomic E-state index is 0.458. The molecule has 0 aliphatic rings. The Balaban J connectivity index is 3.30. The highest BCUT2D eigenvalue weighted by Crippen LogP contribution is 2.42. The van der Waals surface area contributed by atoms with Gasteiger partial charge in [-0.05, 0) is 19.1 Å². The number of pyridine rings is 1. The summed E-state index contributed by atoms with van der Waals surface area (Å²) < 4.78 is 16.5. The average Bonchev–Trinajstić information content (AvgIpc) is 2.39. The maximum absolute atomic E-state index is 11.8. The van der Waals surface area contributed by atoms with Gasteiger partial charge in [-0.15, -0.1) is 0 Å². The van der Waals surface area contributed by atoms with E-state index in [0.29, 0.717) is 5.56 Å². The van der Waals surface area contributed by atoms with E-state index in [2.05, 4.69) is 21.3 Å². The van der Waals surface area contributed by atoms with Gasteiger partial charge in [-0.3, -0.25) is 9.55 Å². The fourth-order valence-electron chi connectivity index (χ4n) is 1.41. The van der Waals surface area contributed by atoms with E-state index in [0.717, 1.165) is 7.11 Å². The van der Waals surface area contributed by atoms with Crippen LogP contribution in [-0.2, 0) is 13.9 Å². The van der Waals surface area contributed by atoms with Crippen LogP contribution >= 0.6 is 8.03 Å². The molecule has 0 aromatic carbocycles. The van der Waals surface area contributed by atoms with Gasteiger partial charge < -0.3 is 14.7 Å². The predicted octanol–water partition coefficient (Wildman–Crippen LogP) is 0.758. The van der Waals surface area contributed by atoms with Crippen molar-refractivity contribution < 1.29 is 24.1 Å². The number of carboxylic acid groups (broad SMARTS) is 1. The van der Waals surface area contributed by atoms with E-state index >= 15 is 0 Å². The van der Waals surface area contributed by atoms with E-state index in [1.165, 1.54) is 13.1 Å². The quantitative estimate of drug-likeness (QED) is 0.625. The average molecular weight is 283 g/mol. The Bertz CT molecular complexity index is 534. The van der Waals surface area contributed by atoms with Gasteiger partial charge in [0.25, 0.3) is 0 Å². The lowest BCUT2D eigenvalue weighted by atomic mass is 10.0. The molecular weight excluding hydrogens is 269 g/mol. The molecule has 0 fully saturated rings. The number of hydrogen-bond donors (Lipinski definition) is 2. The highest BCUT2D eigenvalue weighted by atomic mass is 31.1. The first-order valence-corrected chi connectivity index (χ1v) is 6.70. The van der Waals surface area contributed by atoms with Crippen LogP contribution in [0.4, 0.5) is 0 Å². The van der Waals surface area contributed by atoms with Gasteiger partial charge in [0.2, 0.25) is 13.2 Å². The van der Waals surface area contributed by atoms with Crippen molar-refractivity contribution in [3.8, 4) is 11.8 Å². The van der Waals surface area contributed by atoms with Crippen molar-refractivity contribution in [2.75, 3.05) is 7.11 Å². The number of carboxylic acids is 1. The van der Waals surface area contributed by atoms with Gasteiger partial charge >= 0.3 is 5.97 Å². The van der Waals surface area contributed by atoms with Crippen LogP contribution in [0.25, 0.3) is 0 Å². The van der Waals surface area contributed by atoms with Crippen molar-refractivity contribution in [1.29, 1.82) is 0 Å². The summed E-state index contributed by atoms with van der Waals surface area (Å²) in [6, 6.07) is 3.26. The second-order valence-electron chi connectivity index (χ2n) is 3.77. The van der Waals surface area contributed by atoms with Gasteiger partial charge in [0.1, 0.15) is 0 Å². The third kappa shape index (κ3) is 3.21. The number of aliphatic hydroxyl groups excluding tert-OH is 1. The van der Waals surface area contributed by atoms with Crippen molar-refractivity contribution >= 4 is 14.0 Å². The SMILES string of the molecule is CO[PH](=O)C(C#Cc1cccnc1)(C(=O)O)C(C)O. The van der Waals surface area contributed by atoms with Gasteiger partial charge in [-0.1, -0.05) is 11.8 Å². The molecule has 7 heteroatoms. The molecule has 19 heavy (non-hydrogen) atoms. The molecule has 0 saturated carbocycles. The summed E-state index contributed by atoms with van der Waals surface area (Å²) >= 11 is 0. The lowest BCUT2D eigenvalue weighted by Gasteiger charge is -2.24. The second-order valence-corrected chi connectivity index (χ2v) is 5.54. The van der Waals surface area contributed by atoms with Crippen molar-refractivity contribution in [3.05, 3.63) is 30.1 Å². The Morgan fingerprint density at radius 2 is 2.32 bits per heavy atom. The van der Waals surface area contributed by atoms with Gasteiger partial charge in [0.05, 0.1) is 6.10 Å². The van der Waals surface area contributed by atoms with Crippen LogP contribution in [0.3, 0.4) is 0 Å². The molecule has 3 unspecified atom stereocenters. The van der Waals surface area contributed by atoms with E-state index in [1.54, 1.807) is 18.3 Å². The first kappa shape index (κ1) is 15.4. The Kier molecular flexibility index (Phi) is 5.25. The highest BCUT2D eigenvalue weighted by Gasteiger charge is 2.48. The number of carbonyl (C=O) groups is 1. The van der Waals surface area contributed by atoms with Gasteiger partial charge in [-0.25, -0.2) is 4.79 Å². The molecule has 1 aromatic heterocycles. The molecule has 0 bridgehead atoms. The monoisotopic (exact) mass is 283 g/mol. The summed E-state index contributed by atoms with van der Waals surface area (Å²) in [5.74, 6) is 3.44. The van der Waals surface area contributed by atoms with Crippen molar-refractivity contribution in [3.63, 3.8) is 0 Å². The van der Waals surface area contributed by atoms with Crippen LogP contribution in [-0.4, -0.2) is 39.5 Å². The topological polar surface area (TPSA) is 96.7 Å². The Hall–Kier alpha value is -1.67. The minimum atomic E-state index is -3.09. The zero-order valence-electron chi connectivity index (χ0n) is 10.5. The smallest absolute Gasteiger partial charge is 0.334 e. The second kappa shape index (κ2) is 6.48. The number of aliphatic carboxylic acids is 1. The number of aromatic nitrogens is 1. The predicted molar refractivity (Wildman–Crippen MR) is 69.2 cm³/mol. The first-order chi connectivity index (χ1) is 8.95. The summed E-state index contributed by atoms with van der Waals surface area (Å²) in [6.07, 6.45) is 1.54. The van der Waals surface area contributed by atoms with Gasteiger partial charge in [-0.2, -0.15) is 0 Å². The largest absolute Gasteiger partial charge is 0.480 e. The number of nitrogens with zero attached hydrogens (tertiary/aromatic N) is 1. The van der Waals surface area contributed by atoms with E-state index in [9.17, 15) is 19.6 Å². The first-order valence-electron chi connectivity index (χ1n) is 5.38. The molecular formula is C12H14NO5P. The van der Waals surface area contributed by atoms with Crippen LogP contribution in [0.2, 0.25) is 0 Å². The summed E-state index contributed by atoms with van der Waals surface area (Å²) in [4.78, 5) is 15.2. The normalized spacial score (nSPS) is 16.6. The van der Waals surface area contributed by atoms with Gasteiger partial charge in [0.15, 0.2) is 0 Å². The molecule has 102 valence electrons. The molecule has 0 radical (unpaired) electrons. The third-order valence-electron chi connectivity index (χ3n) is 2.54. The molecule has 1 rings (SSSR count). The van der Waals surface area contributed by atoms with Crippen LogP contribution in [0.15, 0.2) is 24.5 Å². The van der Waals surface area contributed by atoms with Gasteiger partial charge in [0, 0.05) is 25.1 Å². The minimum Gasteiger partial charge on any atom is -0.480 e. The molecule has 3 atom stereocenters. The van der Waals surface area contributed by atoms with E-state index in [1.807, 2.05) is 0 Å². The number of rotatable bonds is 4. The fraction of sp³-hybridized carbons (Fsp3) is 0.333. The van der Waals surface area contributed by atoms with Crippen LogP contribution in [0.5, 0.6) is 0 Å². The standard InChI is InChI=1S/C12H14NO5P/c1-9(14)12(11(15)16,19(17)18-2)6-5-10-4-3-7-13-8-10/h3-4,7-9,14,19H,1-2H3,(H,15,16). The Morgan fingerprint density at radius 1 is 1.63 bits per heavy atom. The summed E-state index contributed by atoms with van der Waals surface area (Å²) in [7, 11) is -1.97. The van der Waals surface area contributed by atoms with Crippen LogP contribution in [0.1, 0.15) is 12.5 Å².